The fourth-order valence-corrected chi connectivity index (χ4v) is 5.27. The van der Waals surface area contributed by atoms with E-state index in [1.165, 1.54) is 0 Å². The number of aromatic nitrogens is 2. The van der Waals surface area contributed by atoms with Gasteiger partial charge in [-0.3, -0.25) is 4.98 Å². The van der Waals surface area contributed by atoms with Gasteiger partial charge in [-0.2, -0.15) is 0 Å². The lowest BCUT2D eigenvalue weighted by Crippen LogP contribution is -2.30. The molecule has 3 heterocycles. The lowest BCUT2D eigenvalue weighted by Gasteiger charge is -2.30. The second kappa shape index (κ2) is 9.77. The lowest BCUT2D eigenvalue weighted by atomic mass is 10.0. The summed E-state index contributed by atoms with van der Waals surface area (Å²) >= 11 is 18.6. The number of nitrogens with zero attached hydrogens (tertiary/aromatic N) is 3. The molecule has 0 spiro atoms. The molecule has 2 aromatic carbocycles. The van der Waals surface area contributed by atoms with Crippen molar-refractivity contribution < 1.29 is 9.47 Å². The average molecular weight is 525 g/mol. The molecular formula is C26H22Cl2N4O2S. The Bertz CT molecular complexity index is 1380. The predicted molar refractivity (Wildman–Crippen MR) is 143 cm³/mol. The van der Waals surface area contributed by atoms with Gasteiger partial charge in [0.2, 0.25) is 0 Å². The summed E-state index contributed by atoms with van der Waals surface area (Å²) in [4.78, 5) is 6.69. The Morgan fingerprint density at radius 3 is 2.49 bits per heavy atom. The van der Waals surface area contributed by atoms with E-state index in [1.807, 2.05) is 60.8 Å². The molecule has 0 radical (unpaired) electrons. The Kier molecular flexibility index (Phi) is 6.56. The van der Waals surface area contributed by atoms with Crippen molar-refractivity contribution in [1.82, 2.24) is 14.9 Å². The molecule has 1 saturated heterocycles. The molecular weight excluding hydrogens is 503 g/mol. The van der Waals surface area contributed by atoms with E-state index in [9.17, 15) is 0 Å². The van der Waals surface area contributed by atoms with Crippen molar-refractivity contribution in [3.8, 4) is 17.2 Å². The first-order valence-corrected chi connectivity index (χ1v) is 12.0. The number of pyridine rings is 1. The number of hydrogen-bond acceptors (Lipinski definition) is 4. The van der Waals surface area contributed by atoms with Crippen molar-refractivity contribution >= 4 is 46.2 Å². The van der Waals surface area contributed by atoms with Gasteiger partial charge in [-0.1, -0.05) is 29.3 Å². The molecule has 35 heavy (non-hydrogen) atoms. The van der Waals surface area contributed by atoms with Gasteiger partial charge in [0.15, 0.2) is 5.11 Å². The molecule has 4 aromatic rings. The fourth-order valence-electron chi connectivity index (χ4n) is 4.43. The Morgan fingerprint density at radius 1 is 0.943 bits per heavy atom. The van der Waals surface area contributed by atoms with Crippen molar-refractivity contribution in [1.29, 1.82) is 0 Å². The van der Waals surface area contributed by atoms with E-state index in [2.05, 4.69) is 25.8 Å². The molecule has 1 fully saturated rings. The molecule has 0 bridgehead atoms. The number of rotatable bonds is 6. The summed E-state index contributed by atoms with van der Waals surface area (Å²) in [5.41, 5.74) is 3.46. The van der Waals surface area contributed by atoms with Gasteiger partial charge in [-0.15, -0.1) is 0 Å². The third-order valence-electron chi connectivity index (χ3n) is 6.00. The average Bonchev–Trinajstić information content (AvgIpc) is 3.48. The van der Waals surface area contributed by atoms with Crippen LogP contribution in [0.4, 0.5) is 5.69 Å². The smallest absolute Gasteiger partial charge is 0.174 e. The van der Waals surface area contributed by atoms with Crippen LogP contribution in [0.3, 0.4) is 0 Å². The minimum Gasteiger partial charge on any atom is -0.497 e. The quantitative estimate of drug-likeness (QED) is 0.295. The van der Waals surface area contributed by atoms with Crippen LogP contribution in [-0.4, -0.2) is 28.9 Å². The molecule has 0 amide bonds. The van der Waals surface area contributed by atoms with Gasteiger partial charge in [-0.25, -0.2) is 0 Å². The van der Waals surface area contributed by atoms with Crippen LogP contribution >= 0.6 is 35.4 Å². The fraction of sp³-hybridized carbons (Fsp3) is 0.154. The van der Waals surface area contributed by atoms with Gasteiger partial charge >= 0.3 is 0 Å². The number of thiocarbonyl (C=S) groups is 1. The Hall–Kier alpha value is -3.26. The third-order valence-corrected chi connectivity index (χ3v) is 6.85. The standard InChI is InChI=1S/C26H22Cl2N4O2S/c1-33-17-9-11-21(23(15-17)34-2)32-25(24(30-26(32)35)19-6-3-4-12-29-19)22-7-5-13-31(22)20-10-8-16(27)14-18(20)28/h3-15,24-25H,1-2H3,(H,30,35). The summed E-state index contributed by atoms with van der Waals surface area (Å²) in [6.45, 7) is 0. The third kappa shape index (κ3) is 4.31. The molecule has 1 aliphatic heterocycles. The van der Waals surface area contributed by atoms with E-state index in [4.69, 9.17) is 44.9 Å². The molecule has 178 valence electrons. The monoisotopic (exact) mass is 524 g/mol. The lowest BCUT2D eigenvalue weighted by molar-refractivity contribution is 0.394. The van der Waals surface area contributed by atoms with Crippen LogP contribution in [0.2, 0.25) is 10.0 Å². The van der Waals surface area contributed by atoms with Crippen molar-refractivity contribution in [3.05, 3.63) is 101 Å². The Balaban J connectivity index is 1.70. The highest BCUT2D eigenvalue weighted by atomic mass is 35.5. The maximum Gasteiger partial charge on any atom is 0.174 e. The van der Waals surface area contributed by atoms with Gasteiger partial charge in [-0.05, 0) is 66.8 Å². The molecule has 2 unspecified atom stereocenters. The maximum atomic E-state index is 6.61. The minimum atomic E-state index is -0.263. The van der Waals surface area contributed by atoms with Gasteiger partial charge in [0.1, 0.15) is 17.5 Å². The summed E-state index contributed by atoms with van der Waals surface area (Å²) in [5, 5.41) is 5.16. The van der Waals surface area contributed by atoms with Crippen LogP contribution in [0.1, 0.15) is 23.5 Å². The second-order valence-corrected chi connectivity index (χ2v) is 9.16. The molecule has 1 N–H and O–H groups in total. The van der Waals surface area contributed by atoms with E-state index in [0.717, 1.165) is 22.8 Å². The topological polar surface area (TPSA) is 51.5 Å². The van der Waals surface area contributed by atoms with Crippen LogP contribution in [0, 0.1) is 0 Å². The molecule has 0 saturated carbocycles. The van der Waals surface area contributed by atoms with E-state index in [-0.39, 0.29) is 12.1 Å². The minimum absolute atomic E-state index is 0.227. The SMILES string of the molecule is COc1ccc(N2C(=S)NC(c3ccccn3)C2c2cccn2-c2ccc(Cl)cc2Cl)c(OC)c1. The molecule has 2 atom stereocenters. The summed E-state index contributed by atoms with van der Waals surface area (Å²) in [6.07, 6.45) is 3.76. The predicted octanol–water partition coefficient (Wildman–Crippen LogP) is 6.37. The van der Waals surface area contributed by atoms with Crippen LogP contribution in [0.25, 0.3) is 5.69 Å². The van der Waals surface area contributed by atoms with Gasteiger partial charge in [0.05, 0.1) is 42.4 Å². The number of hydrogen-bond donors (Lipinski definition) is 1. The van der Waals surface area contributed by atoms with Crippen molar-refractivity contribution in [2.75, 3.05) is 19.1 Å². The van der Waals surface area contributed by atoms with E-state index in [1.54, 1.807) is 26.5 Å². The van der Waals surface area contributed by atoms with Crippen LogP contribution in [-0.2, 0) is 0 Å². The highest BCUT2D eigenvalue weighted by Crippen LogP contribution is 2.46. The number of halogens is 2. The summed E-state index contributed by atoms with van der Waals surface area (Å²) < 4.78 is 13.2. The number of methoxy groups -OCH3 is 2. The van der Waals surface area contributed by atoms with Crippen molar-refractivity contribution in [2.45, 2.75) is 12.1 Å². The van der Waals surface area contributed by atoms with E-state index >= 15 is 0 Å². The first-order valence-electron chi connectivity index (χ1n) is 10.9. The number of benzene rings is 2. The zero-order chi connectivity index (χ0) is 24.5. The normalized spacial score (nSPS) is 17.4. The maximum absolute atomic E-state index is 6.61. The number of nitrogens with one attached hydrogen (secondary N) is 1. The van der Waals surface area contributed by atoms with Gasteiger partial charge in [0, 0.05) is 29.2 Å². The summed E-state index contributed by atoms with van der Waals surface area (Å²) in [5.74, 6) is 1.33. The first kappa shape index (κ1) is 23.5. The Labute approximate surface area is 219 Å². The molecule has 0 aliphatic carbocycles. The highest BCUT2D eigenvalue weighted by molar-refractivity contribution is 7.80. The molecule has 1 aliphatic rings. The number of anilines is 1. The molecule has 9 heteroatoms. The summed E-state index contributed by atoms with van der Waals surface area (Å²) in [6, 6.07) is 20.6. The van der Waals surface area contributed by atoms with E-state index < -0.39 is 0 Å². The zero-order valence-corrected chi connectivity index (χ0v) is 21.3. The summed E-state index contributed by atoms with van der Waals surface area (Å²) in [7, 11) is 3.26. The molecule has 6 nitrogen and oxygen atoms in total. The van der Waals surface area contributed by atoms with Crippen LogP contribution < -0.4 is 19.7 Å². The largest absolute Gasteiger partial charge is 0.497 e. The van der Waals surface area contributed by atoms with Gasteiger partial charge < -0.3 is 24.3 Å². The first-order chi connectivity index (χ1) is 17.0. The number of ether oxygens (including phenoxy) is 2. The van der Waals surface area contributed by atoms with Crippen LogP contribution in [0.5, 0.6) is 11.5 Å². The highest BCUT2D eigenvalue weighted by Gasteiger charge is 2.43. The van der Waals surface area contributed by atoms with Crippen molar-refractivity contribution in [2.24, 2.45) is 0 Å². The Morgan fingerprint density at radius 2 is 1.77 bits per heavy atom. The molecule has 5 rings (SSSR count). The van der Waals surface area contributed by atoms with Crippen molar-refractivity contribution in [3.63, 3.8) is 0 Å². The zero-order valence-electron chi connectivity index (χ0n) is 19.0. The second-order valence-electron chi connectivity index (χ2n) is 7.93. The van der Waals surface area contributed by atoms with E-state index in [0.29, 0.717) is 26.7 Å². The van der Waals surface area contributed by atoms with Crippen LogP contribution in [0.15, 0.2) is 79.1 Å². The van der Waals surface area contributed by atoms with Gasteiger partial charge in [0.25, 0.3) is 0 Å². The molecule has 2 aromatic heterocycles.